The maximum Gasteiger partial charge on any atom is 0.313 e. The molecule has 0 spiro atoms. The van der Waals surface area contributed by atoms with Crippen molar-refractivity contribution in [1.82, 2.24) is 5.32 Å². The lowest BCUT2D eigenvalue weighted by Crippen LogP contribution is -2.34. The van der Waals surface area contributed by atoms with E-state index >= 15 is 0 Å². The number of anilines is 1. The Bertz CT molecular complexity index is 937. The fourth-order valence-corrected chi connectivity index (χ4v) is 4.26. The fraction of sp³-hybridized carbons (Fsp3) is 0.200. The molecule has 0 radical (unpaired) electrons. The molecule has 3 rings (SSSR count). The van der Waals surface area contributed by atoms with Gasteiger partial charge in [0.1, 0.15) is 11.9 Å². The lowest BCUT2D eigenvalue weighted by Gasteiger charge is -2.11. The van der Waals surface area contributed by atoms with Crippen molar-refractivity contribution in [3.05, 3.63) is 68.5 Å². The third-order valence-corrected chi connectivity index (χ3v) is 5.89. The van der Waals surface area contributed by atoms with Crippen molar-refractivity contribution in [2.75, 3.05) is 11.9 Å². The number of nitrogens with one attached hydrogen (secondary N) is 2. The topological polar surface area (TPSA) is 87.7 Å². The average Bonchev–Trinajstić information content (AvgIpc) is 3.39. The number of thiophene rings is 2. The van der Waals surface area contributed by atoms with Gasteiger partial charge in [0, 0.05) is 14.6 Å². The first-order chi connectivity index (χ1) is 13.6. The third-order valence-electron chi connectivity index (χ3n) is 3.83. The number of hydrogen-bond acceptors (Lipinski definition) is 6. The Morgan fingerprint density at radius 2 is 1.89 bits per heavy atom. The van der Waals surface area contributed by atoms with E-state index in [4.69, 9.17) is 4.74 Å². The predicted molar refractivity (Wildman–Crippen MR) is 111 cm³/mol. The Hall–Kier alpha value is -2.68. The van der Waals surface area contributed by atoms with Gasteiger partial charge in [0.25, 0.3) is 0 Å². The molecule has 0 saturated carbocycles. The first-order valence-corrected chi connectivity index (χ1v) is 10.4. The van der Waals surface area contributed by atoms with Crippen LogP contribution in [-0.2, 0) is 16.1 Å². The Morgan fingerprint density at radius 1 is 1.07 bits per heavy atom. The molecule has 6 nitrogen and oxygen atoms in total. The first-order valence-electron chi connectivity index (χ1n) is 8.69. The minimum absolute atomic E-state index is 0.210. The molecule has 3 N–H and O–H groups in total. The van der Waals surface area contributed by atoms with Crippen LogP contribution < -0.4 is 15.4 Å². The van der Waals surface area contributed by atoms with Gasteiger partial charge in [-0.25, -0.2) is 0 Å². The molecule has 2 aromatic heterocycles. The van der Waals surface area contributed by atoms with Gasteiger partial charge in [-0.1, -0.05) is 18.2 Å². The highest BCUT2D eigenvalue weighted by Gasteiger charge is 2.17. The van der Waals surface area contributed by atoms with Crippen LogP contribution in [0.25, 0.3) is 0 Å². The molecule has 1 unspecified atom stereocenters. The van der Waals surface area contributed by atoms with Gasteiger partial charge < -0.3 is 20.5 Å². The highest BCUT2D eigenvalue weighted by Crippen LogP contribution is 2.30. The molecule has 1 aromatic carbocycles. The number of para-hydroxylation sites is 2. The SMILES string of the molecule is CCOc1ccccc1NC(=O)C(=O)NCc1ccc(C(O)c2cccs2)s1. The summed E-state index contributed by atoms with van der Waals surface area (Å²) in [5, 5.41) is 17.4. The largest absolute Gasteiger partial charge is 0.492 e. The van der Waals surface area contributed by atoms with Crippen molar-refractivity contribution >= 4 is 40.2 Å². The molecule has 2 amide bonds. The number of benzene rings is 1. The molecule has 28 heavy (non-hydrogen) atoms. The van der Waals surface area contributed by atoms with Gasteiger partial charge in [0.05, 0.1) is 18.8 Å². The van der Waals surface area contributed by atoms with Gasteiger partial charge in [0.2, 0.25) is 0 Å². The Morgan fingerprint density at radius 3 is 2.64 bits per heavy atom. The van der Waals surface area contributed by atoms with E-state index in [-0.39, 0.29) is 6.54 Å². The summed E-state index contributed by atoms with van der Waals surface area (Å²) in [7, 11) is 0. The van der Waals surface area contributed by atoms with Crippen LogP contribution in [0.4, 0.5) is 5.69 Å². The highest BCUT2D eigenvalue weighted by molar-refractivity contribution is 7.12. The predicted octanol–water partition coefficient (Wildman–Crippen LogP) is 3.54. The van der Waals surface area contributed by atoms with E-state index in [0.717, 1.165) is 14.6 Å². The van der Waals surface area contributed by atoms with E-state index in [0.29, 0.717) is 18.0 Å². The fourth-order valence-electron chi connectivity index (χ4n) is 2.50. The molecule has 0 aliphatic heterocycles. The summed E-state index contributed by atoms with van der Waals surface area (Å²) >= 11 is 2.88. The van der Waals surface area contributed by atoms with Crippen molar-refractivity contribution in [2.24, 2.45) is 0 Å². The Balaban J connectivity index is 1.55. The maximum atomic E-state index is 12.1. The number of amides is 2. The molecule has 0 saturated heterocycles. The minimum Gasteiger partial charge on any atom is -0.492 e. The standard InChI is InChI=1S/C20H20N2O4S2/c1-2-26-15-7-4-3-6-14(15)22-20(25)19(24)21-12-13-9-10-17(28-13)18(23)16-8-5-11-27-16/h3-11,18,23H,2,12H2,1H3,(H,21,24)(H,22,25). The third kappa shape index (κ3) is 4.98. The first kappa shape index (κ1) is 20.1. The van der Waals surface area contributed by atoms with E-state index in [9.17, 15) is 14.7 Å². The molecule has 2 heterocycles. The van der Waals surface area contributed by atoms with E-state index in [2.05, 4.69) is 10.6 Å². The number of hydrogen-bond donors (Lipinski definition) is 3. The molecule has 3 aromatic rings. The van der Waals surface area contributed by atoms with E-state index < -0.39 is 17.9 Å². The van der Waals surface area contributed by atoms with Crippen LogP contribution in [0.1, 0.15) is 27.7 Å². The molecule has 1 atom stereocenters. The van der Waals surface area contributed by atoms with Crippen LogP contribution in [0.5, 0.6) is 5.75 Å². The lowest BCUT2D eigenvalue weighted by atomic mass is 10.2. The number of aliphatic hydroxyl groups excluding tert-OH is 1. The zero-order chi connectivity index (χ0) is 19.9. The molecule has 0 aliphatic carbocycles. The summed E-state index contributed by atoms with van der Waals surface area (Å²) in [4.78, 5) is 26.8. The smallest absolute Gasteiger partial charge is 0.313 e. The van der Waals surface area contributed by atoms with Gasteiger partial charge >= 0.3 is 11.8 Å². The second-order valence-corrected chi connectivity index (χ2v) is 7.97. The molecular formula is C20H20N2O4S2. The van der Waals surface area contributed by atoms with Crippen LogP contribution in [-0.4, -0.2) is 23.5 Å². The van der Waals surface area contributed by atoms with Crippen LogP contribution in [0, 0.1) is 0 Å². The van der Waals surface area contributed by atoms with Gasteiger partial charge in [0.15, 0.2) is 0 Å². The summed E-state index contributed by atoms with van der Waals surface area (Å²) in [6.07, 6.45) is -0.673. The Labute approximate surface area is 170 Å². The lowest BCUT2D eigenvalue weighted by molar-refractivity contribution is -0.136. The number of rotatable bonds is 7. The number of carbonyl (C=O) groups excluding carboxylic acids is 2. The van der Waals surface area contributed by atoms with Gasteiger partial charge in [-0.15, -0.1) is 22.7 Å². The minimum atomic E-state index is -0.762. The van der Waals surface area contributed by atoms with Crippen molar-refractivity contribution in [1.29, 1.82) is 0 Å². The molecule has 8 heteroatoms. The van der Waals surface area contributed by atoms with Crippen LogP contribution in [0.3, 0.4) is 0 Å². The van der Waals surface area contributed by atoms with E-state index in [1.165, 1.54) is 22.7 Å². The normalized spacial score (nSPS) is 11.6. The number of ether oxygens (including phenoxy) is 1. The quantitative estimate of drug-likeness (QED) is 0.514. The average molecular weight is 417 g/mol. The second kappa shape index (κ2) is 9.50. The van der Waals surface area contributed by atoms with Crippen LogP contribution in [0.15, 0.2) is 53.9 Å². The van der Waals surface area contributed by atoms with Crippen molar-refractivity contribution in [3.63, 3.8) is 0 Å². The monoisotopic (exact) mass is 416 g/mol. The van der Waals surface area contributed by atoms with E-state index in [1.807, 2.05) is 36.6 Å². The zero-order valence-electron chi connectivity index (χ0n) is 15.2. The van der Waals surface area contributed by atoms with Crippen molar-refractivity contribution in [2.45, 2.75) is 19.6 Å². The summed E-state index contributed by atoms with van der Waals surface area (Å²) in [6.45, 7) is 2.51. The summed E-state index contributed by atoms with van der Waals surface area (Å²) in [6, 6.07) is 14.4. The molecule has 146 valence electrons. The maximum absolute atomic E-state index is 12.1. The van der Waals surface area contributed by atoms with Crippen molar-refractivity contribution in [3.8, 4) is 5.75 Å². The zero-order valence-corrected chi connectivity index (χ0v) is 16.8. The van der Waals surface area contributed by atoms with Gasteiger partial charge in [-0.05, 0) is 42.6 Å². The summed E-state index contributed by atoms with van der Waals surface area (Å²) in [5.41, 5.74) is 0.446. The second-order valence-electron chi connectivity index (χ2n) is 5.79. The molecule has 0 bridgehead atoms. The van der Waals surface area contributed by atoms with E-state index in [1.54, 1.807) is 24.3 Å². The van der Waals surface area contributed by atoms with Crippen LogP contribution in [0.2, 0.25) is 0 Å². The molecular weight excluding hydrogens is 396 g/mol. The molecule has 0 aliphatic rings. The van der Waals surface area contributed by atoms with Gasteiger partial charge in [-0.3, -0.25) is 9.59 Å². The van der Waals surface area contributed by atoms with Gasteiger partial charge in [-0.2, -0.15) is 0 Å². The number of aliphatic hydroxyl groups is 1. The van der Waals surface area contributed by atoms with Crippen molar-refractivity contribution < 1.29 is 19.4 Å². The Kier molecular flexibility index (Phi) is 6.80. The number of carbonyl (C=O) groups is 2. The highest BCUT2D eigenvalue weighted by atomic mass is 32.1. The molecule has 0 fully saturated rings. The summed E-state index contributed by atoms with van der Waals surface area (Å²) < 4.78 is 5.44. The van der Waals surface area contributed by atoms with Crippen LogP contribution >= 0.6 is 22.7 Å². The summed E-state index contributed by atoms with van der Waals surface area (Å²) in [5.74, 6) is -0.987.